The maximum atomic E-state index is 12.5. The van der Waals surface area contributed by atoms with Crippen LogP contribution in [0.25, 0.3) is 0 Å². The van der Waals surface area contributed by atoms with Gasteiger partial charge in [-0.1, -0.05) is 12.8 Å². The van der Waals surface area contributed by atoms with Crippen LogP contribution in [0.15, 0.2) is 0 Å². The quantitative estimate of drug-likeness (QED) is 0.766. The molecule has 2 aliphatic rings. The summed E-state index contributed by atoms with van der Waals surface area (Å²) in [7, 11) is 0. The van der Waals surface area contributed by atoms with Crippen LogP contribution in [-0.2, 0) is 9.59 Å². The maximum Gasteiger partial charge on any atom is 0.326 e. The molecule has 18 heavy (non-hydrogen) atoms. The Bertz CT molecular complexity index is 313. The summed E-state index contributed by atoms with van der Waals surface area (Å²) in [6.07, 6.45) is 5.14. The average Bonchev–Trinajstić information content (AvgIpc) is 2.64. The van der Waals surface area contributed by atoms with E-state index in [-0.39, 0.29) is 11.8 Å². The Kier molecular flexibility index (Phi) is 4.58. The fourth-order valence-corrected chi connectivity index (χ4v) is 2.93. The third-order valence-electron chi connectivity index (χ3n) is 4.01. The van der Waals surface area contributed by atoms with E-state index in [9.17, 15) is 14.7 Å². The molecule has 0 saturated carbocycles. The van der Waals surface area contributed by atoms with Gasteiger partial charge in [0.05, 0.1) is 0 Å². The van der Waals surface area contributed by atoms with Crippen LogP contribution in [0.3, 0.4) is 0 Å². The predicted molar refractivity (Wildman–Crippen MR) is 67.2 cm³/mol. The first-order chi connectivity index (χ1) is 8.70. The molecule has 5 heteroatoms. The molecule has 5 nitrogen and oxygen atoms in total. The molecule has 0 aromatic carbocycles. The van der Waals surface area contributed by atoms with Crippen LogP contribution in [0.5, 0.6) is 0 Å². The minimum absolute atomic E-state index is 0.0196. The van der Waals surface area contributed by atoms with Gasteiger partial charge in [-0.25, -0.2) is 4.79 Å². The minimum atomic E-state index is -0.848. The molecule has 1 unspecified atom stereocenters. The molecule has 2 heterocycles. The van der Waals surface area contributed by atoms with Crippen LogP contribution in [0, 0.1) is 5.92 Å². The number of carboxylic acids is 1. The Morgan fingerprint density at radius 3 is 2.44 bits per heavy atom. The second kappa shape index (κ2) is 6.18. The second-order valence-electron chi connectivity index (χ2n) is 5.26. The maximum absolute atomic E-state index is 12.5. The number of amides is 1. The highest BCUT2D eigenvalue weighted by Gasteiger charge is 2.34. The lowest BCUT2D eigenvalue weighted by Crippen LogP contribution is -2.48. The van der Waals surface area contributed by atoms with E-state index in [1.54, 1.807) is 4.90 Å². The Morgan fingerprint density at radius 2 is 1.78 bits per heavy atom. The summed E-state index contributed by atoms with van der Waals surface area (Å²) in [6, 6.07) is -0.602. The number of hydrogen-bond donors (Lipinski definition) is 2. The van der Waals surface area contributed by atoms with Gasteiger partial charge in [0, 0.05) is 12.5 Å². The number of carboxylic acid groups (broad SMARTS) is 1. The van der Waals surface area contributed by atoms with E-state index in [0.717, 1.165) is 45.2 Å². The Hall–Kier alpha value is -1.10. The normalized spacial score (nSPS) is 26.7. The number of rotatable bonds is 2. The summed E-state index contributed by atoms with van der Waals surface area (Å²) >= 11 is 0. The van der Waals surface area contributed by atoms with Crippen LogP contribution in [0.1, 0.15) is 38.5 Å². The lowest BCUT2D eigenvalue weighted by molar-refractivity contribution is -0.152. The van der Waals surface area contributed by atoms with Crippen molar-refractivity contribution in [2.75, 3.05) is 19.6 Å². The van der Waals surface area contributed by atoms with Crippen molar-refractivity contribution in [3.8, 4) is 0 Å². The van der Waals surface area contributed by atoms with Crippen molar-refractivity contribution >= 4 is 11.9 Å². The van der Waals surface area contributed by atoms with Crippen molar-refractivity contribution in [1.82, 2.24) is 10.2 Å². The van der Waals surface area contributed by atoms with Crippen molar-refractivity contribution in [3.63, 3.8) is 0 Å². The predicted octanol–water partition coefficient (Wildman–Crippen LogP) is 0.842. The van der Waals surface area contributed by atoms with Crippen LogP contribution in [0.2, 0.25) is 0 Å². The number of aliphatic carboxylic acids is 1. The van der Waals surface area contributed by atoms with Crippen molar-refractivity contribution in [2.45, 2.75) is 44.6 Å². The number of likely N-dealkylation sites (tertiary alicyclic amines) is 1. The van der Waals surface area contributed by atoms with Gasteiger partial charge in [-0.2, -0.15) is 0 Å². The SMILES string of the molecule is O=C(O)C1CCCCCN1C(=O)C1CCNCC1. The van der Waals surface area contributed by atoms with Crippen LogP contribution >= 0.6 is 0 Å². The number of piperidine rings is 1. The van der Waals surface area contributed by atoms with Crippen molar-refractivity contribution in [1.29, 1.82) is 0 Å². The lowest BCUT2D eigenvalue weighted by Gasteiger charge is -2.32. The molecule has 2 rings (SSSR count). The lowest BCUT2D eigenvalue weighted by atomic mass is 9.95. The molecule has 2 N–H and O–H groups in total. The summed E-state index contributed by atoms with van der Waals surface area (Å²) in [5, 5.41) is 12.5. The molecule has 0 aliphatic carbocycles. The van der Waals surface area contributed by atoms with Gasteiger partial charge in [0.1, 0.15) is 6.04 Å². The Labute approximate surface area is 108 Å². The average molecular weight is 254 g/mol. The molecule has 102 valence electrons. The van der Waals surface area contributed by atoms with E-state index in [1.807, 2.05) is 0 Å². The number of nitrogens with one attached hydrogen (secondary N) is 1. The summed E-state index contributed by atoms with van der Waals surface area (Å²) in [6.45, 7) is 2.34. The highest BCUT2D eigenvalue weighted by Crippen LogP contribution is 2.22. The molecule has 0 aromatic rings. The molecule has 1 amide bonds. The van der Waals surface area contributed by atoms with Crippen LogP contribution in [-0.4, -0.2) is 47.6 Å². The third kappa shape index (κ3) is 3.02. The zero-order valence-electron chi connectivity index (χ0n) is 10.7. The summed E-state index contributed by atoms with van der Waals surface area (Å²) < 4.78 is 0. The molecule has 2 fully saturated rings. The van der Waals surface area contributed by atoms with Gasteiger partial charge in [-0.3, -0.25) is 4.79 Å². The molecule has 0 spiro atoms. The van der Waals surface area contributed by atoms with Crippen molar-refractivity contribution < 1.29 is 14.7 Å². The van der Waals surface area contributed by atoms with E-state index in [2.05, 4.69) is 5.32 Å². The first-order valence-corrected chi connectivity index (χ1v) is 6.94. The molecule has 0 aromatic heterocycles. The topological polar surface area (TPSA) is 69.6 Å². The van der Waals surface area contributed by atoms with E-state index >= 15 is 0 Å². The zero-order chi connectivity index (χ0) is 13.0. The van der Waals surface area contributed by atoms with Crippen LogP contribution in [0.4, 0.5) is 0 Å². The van der Waals surface area contributed by atoms with E-state index in [4.69, 9.17) is 0 Å². The van der Waals surface area contributed by atoms with Gasteiger partial charge in [-0.05, 0) is 38.8 Å². The molecule has 2 saturated heterocycles. The fraction of sp³-hybridized carbons (Fsp3) is 0.846. The monoisotopic (exact) mass is 254 g/mol. The van der Waals surface area contributed by atoms with Gasteiger partial charge < -0.3 is 15.3 Å². The molecule has 0 bridgehead atoms. The van der Waals surface area contributed by atoms with Gasteiger partial charge in [0.15, 0.2) is 0 Å². The highest BCUT2D eigenvalue weighted by molar-refractivity contribution is 5.85. The van der Waals surface area contributed by atoms with Gasteiger partial charge in [0.25, 0.3) is 0 Å². The van der Waals surface area contributed by atoms with Crippen LogP contribution < -0.4 is 5.32 Å². The fourth-order valence-electron chi connectivity index (χ4n) is 2.93. The molecular weight excluding hydrogens is 232 g/mol. The van der Waals surface area contributed by atoms with E-state index < -0.39 is 12.0 Å². The van der Waals surface area contributed by atoms with E-state index in [0.29, 0.717) is 13.0 Å². The molecule has 1 atom stereocenters. The number of nitrogens with zero attached hydrogens (tertiary/aromatic N) is 1. The third-order valence-corrected chi connectivity index (χ3v) is 4.01. The minimum Gasteiger partial charge on any atom is -0.480 e. The largest absolute Gasteiger partial charge is 0.480 e. The Morgan fingerprint density at radius 1 is 1.06 bits per heavy atom. The molecule has 2 aliphatic heterocycles. The molecular formula is C13H22N2O3. The zero-order valence-corrected chi connectivity index (χ0v) is 10.7. The summed E-state index contributed by atoms with van der Waals surface area (Å²) in [5.41, 5.74) is 0. The number of hydrogen-bond acceptors (Lipinski definition) is 3. The first-order valence-electron chi connectivity index (χ1n) is 6.94. The number of carbonyl (C=O) groups excluding carboxylic acids is 1. The van der Waals surface area contributed by atoms with Gasteiger partial charge in [0.2, 0.25) is 5.91 Å². The van der Waals surface area contributed by atoms with Crippen molar-refractivity contribution in [2.24, 2.45) is 5.92 Å². The van der Waals surface area contributed by atoms with Gasteiger partial charge >= 0.3 is 5.97 Å². The summed E-state index contributed by atoms with van der Waals surface area (Å²) in [4.78, 5) is 25.4. The second-order valence-corrected chi connectivity index (χ2v) is 5.26. The highest BCUT2D eigenvalue weighted by atomic mass is 16.4. The van der Waals surface area contributed by atoms with Crippen molar-refractivity contribution in [3.05, 3.63) is 0 Å². The van der Waals surface area contributed by atoms with Gasteiger partial charge in [-0.15, -0.1) is 0 Å². The standard InChI is InChI=1S/C13H22N2O3/c16-12(10-5-7-14-8-6-10)15-9-3-1-2-4-11(15)13(17)18/h10-11,14H,1-9H2,(H,17,18). The molecule has 0 radical (unpaired) electrons. The summed E-state index contributed by atoms with van der Waals surface area (Å²) in [5.74, 6) is -0.767. The first kappa shape index (κ1) is 13.3. The Balaban J connectivity index is 2.06. The van der Waals surface area contributed by atoms with E-state index in [1.165, 1.54) is 0 Å². The number of carbonyl (C=O) groups is 2. The smallest absolute Gasteiger partial charge is 0.326 e.